The smallest absolute Gasteiger partial charge is 0.300 e. The van der Waals surface area contributed by atoms with Gasteiger partial charge < -0.3 is 19.5 Å². The molecule has 0 saturated carbocycles. The van der Waals surface area contributed by atoms with Crippen LogP contribution in [0.3, 0.4) is 0 Å². The lowest BCUT2D eigenvalue weighted by atomic mass is 9.94. The zero-order chi connectivity index (χ0) is 29.0. The Morgan fingerprint density at radius 3 is 2.20 bits per heavy atom. The van der Waals surface area contributed by atoms with E-state index in [0.717, 1.165) is 35.5 Å². The Hall–Kier alpha value is -4.26. The van der Waals surface area contributed by atoms with Gasteiger partial charge in [0.2, 0.25) is 0 Å². The lowest BCUT2D eigenvalue weighted by molar-refractivity contribution is -0.132. The van der Waals surface area contributed by atoms with E-state index in [9.17, 15) is 14.7 Å². The maximum absolute atomic E-state index is 13.7. The van der Waals surface area contributed by atoms with Crippen LogP contribution in [0.1, 0.15) is 56.0 Å². The van der Waals surface area contributed by atoms with E-state index in [1.54, 1.807) is 18.2 Å². The first kappa shape index (κ1) is 28.7. The number of carbonyl (C=O) groups is 2. The van der Waals surface area contributed by atoms with E-state index in [1.807, 2.05) is 70.2 Å². The summed E-state index contributed by atoms with van der Waals surface area (Å²) in [6, 6.07) is 17.8. The van der Waals surface area contributed by atoms with Gasteiger partial charge in [-0.15, -0.1) is 0 Å². The number of aliphatic hydroxyl groups excluding tert-OH is 1. The maximum Gasteiger partial charge on any atom is 0.300 e. The number of amides is 1. The van der Waals surface area contributed by atoms with Crippen molar-refractivity contribution in [3.63, 3.8) is 0 Å². The predicted molar refractivity (Wildman–Crippen MR) is 159 cm³/mol. The third-order valence-electron chi connectivity index (χ3n) is 7.44. The van der Waals surface area contributed by atoms with Crippen LogP contribution in [0.2, 0.25) is 0 Å². The molecular formula is C33H38N2O5. The van der Waals surface area contributed by atoms with E-state index >= 15 is 0 Å². The van der Waals surface area contributed by atoms with Gasteiger partial charge in [-0.25, -0.2) is 0 Å². The number of aliphatic hydroxyl groups is 1. The monoisotopic (exact) mass is 542 g/mol. The summed E-state index contributed by atoms with van der Waals surface area (Å²) in [5, 5.41) is 11.7. The molecule has 1 aliphatic rings. The van der Waals surface area contributed by atoms with Gasteiger partial charge in [0.1, 0.15) is 17.3 Å². The molecule has 3 aromatic carbocycles. The van der Waals surface area contributed by atoms with Crippen LogP contribution in [0.5, 0.6) is 11.5 Å². The molecule has 1 aliphatic heterocycles. The first-order valence-corrected chi connectivity index (χ1v) is 13.9. The van der Waals surface area contributed by atoms with Crippen LogP contribution in [-0.2, 0) is 9.59 Å². The lowest BCUT2D eigenvalue weighted by Gasteiger charge is -2.28. The van der Waals surface area contributed by atoms with E-state index in [-0.39, 0.29) is 11.3 Å². The molecule has 40 heavy (non-hydrogen) atoms. The SMILES string of the molecule is CCOc1ccc(/C(O)=C2\C(=O)C(=O)N(c3cccc(C)c3C)C2c2ccc(N(CC)CC)cc2)c(OCC)c1. The molecule has 1 heterocycles. The largest absolute Gasteiger partial charge is 0.507 e. The number of Topliss-reactive ketones (excluding diaryl/α,β-unsaturated/α-hetero) is 1. The average molecular weight is 543 g/mol. The molecule has 1 amide bonds. The van der Waals surface area contributed by atoms with Crippen LogP contribution >= 0.6 is 0 Å². The fraction of sp³-hybridized carbons (Fsp3) is 0.333. The van der Waals surface area contributed by atoms with Crippen molar-refractivity contribution < 1.29 is 24.2 Å². The number of rotatable bonds is 10. The van der Waals surface area contributed by atoms with E-state index in [1.165, 1.54) is 4.90 Å². The quantitative estimate of drug-likeness (QED) is 0.177. The van der Waals surface area contributed by atoms with Gasteiger partial charge in [-0.05, 0) is 88.6 Å². The standard InChI is InChI=1S/C33H38N2O5/c1-7-34(8-2)24-16-14-23(15-17-24)30-29(31(36)26-19-18-25(39-9-3)20-28(26)40-10-4)32(37)33(38)35(30)27-13-11-12-21(5)22(27)6/h11-20,30,36H,7-10H2,1-6H3/b31-29+. The summed E-state index contributed by atoms with van der Waals surface area (Å²) in [6.07, 6.45) is 0. The molecule has 1 fully saturated rings. The van der Waals surface area contributed by atoms with E-state index < -0.39 is 17.7 Å². The summed E-state index contributed by atoms with van der Waals surface area (Å²) >= 11 is 0. The Bertz CT molecular complexity index is 1420. The second-order valence-electron chi connectivity index (χ2n) is 9.68. The third-order valence-corrected chi connectivity index (χ3v) is 7.44. The molecule has 0 bridgehead atoms. The van der Waals surface area contributed by atoms with Crippen LogP contribution in [0.25, 0.3) is 5.76 Å². The van der Waals surface area contributed by atoms with Crippen molar-refractivity contribution in [1.82, 2.24) is 0 Å². The molecule has 1 saturated heterocycles. The van der Waals surface area contributed by atoms with Gasteiger partial charge in [-0.1, -0.05) is 24.3 Å². The van der Waals surface area contributed by atoms with Gasteiger partial charge in [0, 0.05) is 30.5 Å². The first-order valence-electron chi connectivity index (χ1n) is 13.9. The second-order valence-corrected chi connectivity index (χ2v) is 9.68. The fourth-order valence-electron chi connectivity index (χ4n) is 5.22. The number of hydrogen-bond donors (Lipinski definition) is 1. The van der Waals surface area contributed by atoms with Crippen molar-refractivity contribution >= 4 is 28.8 Å². The molecule has 7 heteroatoms. The van der Waals surface area contributed by atoms with Crippen LogP contribution in [0.4, 0.5) is 11.4 Å². The van der Waals surface area contributed by atoms with E-state index in [2.05, 4.69) is 18.7 Å². The molecule has 1 unspecified atom stereocenters. The zero-order valence-corrected chi connectivity index (χ0v) is 24.2. The van der Waals surface area contributed by atoms with Crippen molar-refractivity contribution in [3.05, 3.63) is 88.5 Å². The minimum atomic E-state index is -0.827. The summed E-state index contributed by atoms with van der Waals surface area (Å²) in [5.41, 5.74) is 4.64. The molecular weight excluding hydrogens is 504 g/mol. The van der Waals surface area contributed by atoms with Crippen molar-refractivity contribution in [1.29, 1.82) is 0 Å². The highest BCUT2D eigenvalue weighted by Crippen LogP contribution is 2.45. The number of aryl methyl sites for hydroxylation is 1. The first-order chi connectivity index (χ1) is 19.3. The maximum atomic E-state index is 13.7. The van der Waals surface area contributed by atoms with Crippen molar-refractivity contribution in [2.75, 3.05) is 36.1 Å². The number of nitrogens with zero attached hydrogens (tertiary/aromatic N) is 2. The minimum absolute atomic E-state index is 0.0200. The highest BCUT2D eigenvalue weighted by molar-refractivity contribution is 6.51. The van der Waals surface area contributed by atoms with Crippen LogP contribution in [-0.4, -0.2) is 43.1 Å². The van der Waals surface area contributed by atoms with Gasteiger partial charge in [0.25, 0.3) is 11.7 Å². The van der Waals surface area contributed by atoms with Crippen LogP contribution in [0.15, 0.2) is 66.2 Å². The Balaban J connectivity index is 1.95. The van der Waals surface area contributed by atoms with Crippen molar-refractivity contribution in [2.24, 2.45) is 0 Å². The molecule has 7 nitrogen and oxygen atoms in total. The molecule has 4 rings (SSSR count). The topological polar surface area (TPSA) is 79.3 Å². The summed E-state index contributed by atoms with van der Waals surface area (Å²) in [4.78, 5) is 31.1. The van der Waals surface area contributed by atoms with E-state index in [4.69, 9.17) is 9.47 Å². The molecule has 0 aromatic heterocycles. The molecule has 0 aliphatic carbocycles. The number of ether oxygens (including phenoxy) is 2. The summed E-state index contributed by atoms with van der Waals surface area (Å²) in [7, 11) is 0. The minimum Gasteiger partial charge on any atom is -0.507 e. The molecule has 3 aromatic rings. The predicted octanol–water partition coefficient (Wildman–Crippen LogP) is 6.57. The number of anilines is 2. The summed E-state index contributed by atoms with van der Waals surface area (Å²) in [6.45, 7) is 14.4. The van der Waals surface area contributed by atoms with Crippen molar-refractivity contribution in [3.8, 4) is 11.5 Å². The number of hydrogen-bond acceptors (Lipinski definition) is 6. The number of carbonyl (C=O) groups excluding carboxylic acids is 2. The Morgan fingerprint density at radius 2 is 1.57 bits per heavy atom. The molecule has 210 valence electrons. The number of ketones is 1. The second kappa shape index (κ2) is 12.3. The molecule has 1 N–H and O–H groups in total. The van der Waals surface area contributed by atoms with E-state index in [0.29, 0.717) is 36.0 Å². The third kappa shape index (κ3) is 5.28. The zero-order valence-electron chi connectivity index (χ0n) is 24.2. The van der Waals surface area contributed by atoms with Gasteiger partial charge in [-0.3, -0.25) is 14.5 Å². The van der Waals surface area contributed by atoms with Gasteiger partial charge in [0.05, 0.1) is 30.4 Å². The number of benzene rings is 3. The van der Waals surface area contributed by atoms with Crippen LogP contribution in [0, 0.1) is 13.8 Å². The Kier molecular flexibility index (Phi) is 8.83. The Labute approximate surface area is 236 Å². The molecule has 1 atom stereocenters. The average Bonchev–Trinajstić information content (AvgIpc) is 3.21. The Morgan fingerprint density at radius 1 is 0.900 bits per heavy atom. The molecule has 0 spiro atoms. The fourth-order valence-corrected chi connectivity index (χ4v) is 5.22. The van der Waals surface area contributed by atoms with Gasteiger partial charge in [-0.2, -0.15) is 0 Å². The summed E-state index contributed by atoms with van der Waals surface area (Å²) < 4.78 is 11.5. The normalized spacial score (nSPS) is 16.4. The van der Waals surface area contributed by atoms with Crippen LogP contribution < -0.4 is 19.3 Å². The van der Waals surface area contributed by atoms with Gasteiger partial charge >= 0.3 is 0 Å². The molecule has 0 radical (unpaired) electrons. The van der Waals surface area contributed by atoms with Crippen molar-refractivity contribution in [2.45, 2.75) is 47.6 Å². The highest BCUT2D eigenvalue weighted by Gasteiger charge is 2.47. The summed E-state index contributed by atoms with van der Waals surface area (Å²) in [5.74, 6) is -0.749. The highest BCUT2D eigenvalue weighted by atomic mass is 16.5. The lowest BCUT2D eigenvalue weighted by Crippen LogP contribution is -2.30. The van der Waals surface area contributed by atoms with Gasteiger partial charge in [0.15, 0.2) is 0 Å².